The van der Waals surface area contributed by atoms with Gasteiger partial charge in [0.25, 0.3) is 0 Å². The molecule has 0 saturated carbocycles. The second-order valence-electron chi connectivity index (χ2n) is 4.93. The molecule has 2 aromatic rings. The quantitative estimate of drug-likeness (QED) is 0.788. The standard InChI is InChI=1S/C16H13F5N2O/c17-11-4-5-14(13(18)9-11)23-15(24)6-7-22-12-3-1-2-10(8-12)16(19,20)21/h1-5,8-9,22H,6-7H2,(H,23,24). The SMILES string of the molecule is O=C(CCNc1cccc(C(F)(F)F)c1)Nc1ccc(F)cc1F. The van der Waals surface area contributed by atoms with Crippen LogP contribution >= 0.6 is 0 Å². The molecule has 0 aliphatic carbocycles. The third-order valence-corrected chi connectivity index (χ3v) is 3.08. The molecule has 0 radical (unpaired) electrons. The Morgan fingerprint density at radius 2 is 1.79 bits per heavy atom. The molecule has 0 fully saturated rings. The summed E-state index contributed by atoms with van der Waals surface area (Å²) in [6, 6.07) is 7.28. The maximum atomic E-state index is 13.4. The fourth-order valence-electron chi connectivity index (χ4n) is 1.93. The Morgan fingerprint density at radius 1 is 1.04 bits per heavy atom. The van der Waals surface area contributed by atoms with Crippen molar-refractivity contribution in [1.82, 2.24) is 0 Å². The molecule has 2 rings (SSSR count). The van der Waals surface area contributed by atoms with Gasteiger partial charge in [0.1, 0.15) is 11.6 Å². The van der Waals surface area contributed by atoms with Gasteiger partial charge in [-0.25, -0.2) is 8.78 Å². The van der Waals surface area contributed by atoms with Gasteiger partial charge in [-0.05, 0) is 30.3 Å². The highest BCUT2D eigenvalue weighted by Gasteiger charge is 2.30. The van der Waals surface area contributed by atoms with Gasteiger partial charge in [0.05, 0.1) is 11.3 Å². The minimum absolute atomic E-state index is 0.0515. The fraction of sp³-hybridized carbons (Fsp3) is 0.188. The molecule has 2 N–H and O–H groups in total. The van der Waals surface area contributed by atoms with Crippen LogP contribution in [0.3, 0.4) is 0 Å². The van der Waals surface area contributed by atoms with Gasteiger partial charge in [-0.1, -0.05) is 6.07 Å². The number of nitrogens with one attached hydrogen (secondary N) is 2. The van der Waals surface area contributed by atoms with Gasteiger partial charge in [0.2, 0.25) is 5.91 Å². The van der Waals surface area contributed by atoms with Crippen molar-refractivity contribution in [2.24, 2.45) is 0 Å². The molecule has 8 heteroatoms. The Kier molecular flexibility index (Phi) is 5.38. The molecule has 0 unspecified atom stereocenters. The first-order chi connectivity index (χ1) is 11.3. The molecular formula is C16H13F5N2O. The van der Waals surface area contributed by atoms with E-state index in [9.17, 15) is 26.7 Å². The predicted molar refractivity (Wildman–Crippen MR) is 79.5 cm³/mol. The Labute approximate surface area is 134 Å². The van der Waals surface area contributed by atoms with Crippen molar-refractivity contribution in [2.45, 2.75) is 12.6 Å². The number of carbonyl (C=O) groups is 1. The van der Waals surface area contributed by atoms with E-state index >= 15 is 0 Å². The Hall–Kier alpha value is -2.64. The number of alkyl halides is 3. The predicted octanol–water partition coefficient (Wildman–Crippen LogP) is 4.42. The van der Waals surface area contributed by atoms with Crippen molar-refractivity contribution in [3.05, 3.63) is 59.7 Å². The summed E-state index contributed by atoms with van der Waals surface area (Å²) in [4.78, 5) is 11.7. The molecule has 24 heavy (non-hydrogen) atoms. The largest absolute Gasteiger partial charge is 0.416 e. The van der Waals surface area contributed by atoms with Gasteiger partial charge in [0.15, 0.2) is 0 Å². The summed E-state index contributed by atoms with van der Waals surface area (Å²) in [6.07, 6.45) is -4.55. The Bertz CT molecular complexity index is 731. The van der Waals surface area contributed by atoms with Crippen LogP contribution < -0.4 is 10.6 Å². The molecule has 0 aliphatic rings. The number of halogens is 5. The molecule has 1 amide bonds. The number of amides is 1. The third kappa shape index (κ3) is 4.94. The molecule has 0 aliphatic heterocycles. The molecule has 0 spiro atoms. The van der Waals surface area contributed by atoms with E-state index in [2.05, 4.69) is 10.6 Å². The molecule has 128 valence electrons. The summed E-state index contributed by atoms with van der Waals surface area (Å²) in [5.41, 5.74) is -0.753. The topological polar surface area (TPSA) is 41.1 Å². The number of anilines is 2. The van der Waals surface area contributed by atoms with Crippen molar-refractivity contribution in [1.29, 1.82) is 0 Å². The maximum Gasteiger partial charge on any atom is 0.416 e. The maximum absolute atomic E-state index is 13.4. The van der Waals surface area contributed by atoms with Crippen LogP contribution in [0.1, 0.15) is 12.0 Å². The van der Waals surface area contributed by atoms with Crippen LogP contribution in [0.15, 0.2) is 42.5 Å². The smallest absolute Gasteiger partial charge is 0.385 e. The first-order valence-electron chi connectivity index (χ1n) is 6.92. The Morgan fingerprint density at radius 3 is 2.46 bits per heavy atom. The fourth-order valence-corrected chi connectivity index (χ4v) is 1.93. The van der Waals surface area contributed by atoms with Crippen molar-refractivity contribution < 1.29 is 26.7 Å². The average molecular weight is 344 g/mol. The average Bonchev–Trinajstić information content (AvgIpc) is 2.50. The zero-order valence-electron chi connectivity index (χ0n) is 12.3. The molecule has 2 aromatic carbocycles. The van der Waals surface area contributed by atoms with Gasteiger partial charge in [-0.2, -0.15) is 13.2 Å². The second-order valence-corrected chi connectivity index (χ2v) is 4.93. The minimum Gasteiger partial charge on any atom is -0.385 e. The highest BCUT2D eigenvalue weighted by molar-refractivity contribution is 5.91. The van der Waals surface area contributed by atoms with Crippen molar-refractivity contribution in [3.8, 4) is 0 Å². The highest BCUT2D eigenvalue weighted by atomic mass is 19.4. The lowest BCUT2D eigenvalue weighted by Crippen LogP contribution is -2.17. The number of benzene rings is 2. The summed E-state index contributed by atoms with van der Waals surface area (Å²) in [7, 11) is 0. The zero-order valence-corrected chi connectivity index (χ0v) is 12.3. The monoisotopic (exact) mass is 344 g/mol. The normalized spacial score (nSPS) is 11.2. The number of rotatable bonds is 5. The van der Waals surface area contributed by atoms with E-state index in [1.807, 2.05) is 0 Å². The van der Waals surface area contributed by atoms with Crippen LogP contribution in [0.5, 0.6) is 0 Å². The van der Waals surface area contributed by atoms with Crippen LogP contribution in [0.2, 0.25) is 0 Å². The molecule has 0 saturated heterocycles. The van der Waals surface area contributed by atoms with E-state index in [4.69, 9.17) is 0 Å². The van der Waals surface area contributed by atoms with Crippen molar-refractivity contribution >= 4 is 17.3 Å². The third-order valence-electron chi connectivity index (χ3n) is 3.08. The minimum atomic E-state index is -4.45. The molecule has 0 aromatic heterocycles. The van der Waals surface area contributed by atoms with E-state index in [0.29, 0.717) is 6.07 Å². The first-order valence-corrected chi connectivity index (χ1v) is 6.92. The van der Waals surface area contributed by atoms with E-state index in [1.165, 1.54) is 12.1 Å². The van der Waals surface area contributed by atoms with Gasteiger partial charge < -0.3 is 10.6 Å². The van der Waals surface area contributed by atoms with Gasteiger partial charge in [0, 0.05) is 24.7 Å². The lowest BCUT2D eigenvalue weighted by atomic mass is 10.2. The first kappa shape index (κ1) is 17.7. The summed E-state index contributed by atoms with van der Waals surface area (Å²) in [5.74, 6) is -2.23. The number of carbonyl (C=O) groups excluding carboxylic acids is 1. The lowest BCUT2D eigenvalue weighted by Gasteiger charge is -2.11. The lowest BCUT2D eigenvalue weighted by molar-refractivity contribution is -0.137. The molecule has 0 bridgehead atoms. The summed E-state index contributed by atoms with van der Waals surface area (Å²) < 4.78 is 63.8. The van der Waals surface area contributed by atoms with Crippen molar-refractivity contribution in [3.63, 3.8) is 0 Å². The van der Waals surface area contributed by atoms with E-state index in [1.54, 1.807) is 0 Å². The van der Waals surface area contributed by atoms with E-state index in [-0.39, 0.29) is 24.3 Å². The van der Waals surface area contributed by atoms with Gasteiger partial charge in [-0.3, -0.25) is 4.79 Å². The van der Waals surface area contributed by atoms with Crippen LogP contribution in [0.4, 0.5) is 33.3 Å². The van der Waals surface area contributed by atoms with Gasteiger partial charge >= 0.3 is 6.18 Å². The van der Waals surface area contributed by atoms with Crippen LogP contribution in [-0.2, 0) is 11.0 Å². The highest BCUT2D eigenvalue weighted by Crippen LogP contribution is 2.30. The summed E-state index contributed by atoms with van der Waals surface area (Å²) in [5, 5.41) is 4.94. The van der Waals surface area contributed by atoms with E-state index < -0.39 is 29.3 Å². The van der Waals surface area contributed by atoms with Gasteiger partial charge in [-0.15, -0.1) is 0 Å². The van der Waals surface area contributed by atoms with Crippen LogP contribution in [0, 0.1) is 11.6 Å². The van der Waals surface area contributed by atoms with E-state index in [0.717, 1.165) is 24.3 Å². The van der Waals surface area contributed by atoms with Crippen molar-refractivity contribution in [2.75, 3.05) is 17.2 Å². The van der Waals surface area contributed by atoms with Crippen LogP contribution in [-0.4, -0.2) is 12.5 Å². The van der Waals surface area contributed by atoms with Crippen LogP contribution in [0.25, 0.3) is 0 Å². The summed E-state index contributed by atoms with van der Waals surface area (Å²) >= 11 is 0. The number of hydrogen-bond acceptors (Lipinski definition) is 2. The zero-order chi connectivity index (χ0) is 17.7. The molecular weight excluding hydrogens is 331 g/mol. The summed E-state index contributed by atoms with van der Waals surface area (Å²) in [6.45, 7) is 0.0515. The molecule has 0 heterocycles. The second kappa shape index (κ2) is 7.29. The molecule has 0 atom stereocenters. The Balaban J connectivity index is 1.87. The number of hydrogen-bond donors (Lipinski definition) is 2. The molecule has 3 nitrogen and oxygen atoms in total.